The molecule has 13 heavy (non-hydrogen) atoms. The highest BCUT2D eigenvalue weighted by molar-refractivity contribution is 5.98. The van der Waals surface area contributed by atoms with Crippen LogP contribution in [0.25, 0.3) is 10.9 Å². The van der Waals surface area contributed by atoms with Crippen molar-refractivity contribution in [1.29, 1.82) is 5.41 Å². The van der Waals surface area contributed by atoms with Crippen LogP contribution in [0.3, 0.4) is 0 Å². The summed E-state index contributed by atoms with van der Waals surface area (Å²) in [6.07, 6.45) is 1.75. The Morgan fingerprint density at radius 1 is 1.31 bits per heavy atom. The number of hydrogen-bond acceptors (Lipinski definition) is 2. The number of benzene rings is 1. The second-order valence-electron chi connectivity index (χ2n) is 2.82. The Morgan fingerprint density at radius 3 is 2.92 bits per heavy atom. The number of amidine groups is 1. The molecule has 0 radical (unpaired) electrons. The Morgan fingerprint density at radius 2 is 2.15 bits per heavy atom. The fraction of sp³-hybridized carbons (Fsp3) is 0. The molecule has 3 N–H and O–H groups in total. The molecule has 2 rings (SSSR count). The summed E-state index contributed by atoms with van der Waals surface area (Å²) in [7, 11) is 0. The Labute approximate surface area is 75.7 Å². The number of nitrogens with zero attached hydrogens (tertiary/aromatic N) is 1. The van der Waals surface area contributed by atoms with Gasteiger partial charge >= 0.3 is 0 Å². The second-order valence-corrected chi connectivity index (χ2v) is 2.82. The molecule has 1 heterocycles. The highest BCUT2D eigenvalue weighted by atomic mass is 14.7. The molecular formula is C10H9N3. The van der Waals surface area contributed by atoms with Crippen molar-refractivity contribution < 1.29 is 0 Å². The summed E-state index contributed by atoms with van der Waals surface area (Å²) >= 11 is 0. The minimum atomic E-state index is 0.0887. The quantitative estimate of drug-likeness (QED) is 0.504. The van der Waals surface area contributed by atoms with Gasteiger partial charge in [0.25, 0.3) is 0 Å². The molecule has 3 nitrogen and oxygen atoms in total. The van der Waals surface area contributed by atoms with Gasteiger partial charge in [-0.3, -0.25) is 10.4 Å². The van der Waals surface area contributed by atoms with Crippen molar-refractivity contribution in [3.05, 3.63) is 42.1 Å². The van der Waals surface area contributed by atoms with E-state index in [0.29, 0.717) is 0 Å². The highest BCUT2D eigenvalue weighted by Crippen LogP contribution is 2.12. The van der Waals surface area contributed by atoms with Crippen LogP contribution in [0.2, 0.25) is 0 Å². The Hall–Kier alpha value is -1.90. The fourth-order valence-electron chi connectivity index (χ4n) is 1.24. The number of hydrogen-bond donors (Lipinski definition) is 2. The molecule has 1 aromatic heterocycles. The van der Waals surface area contributed by atoms with Crippen LogP contribution in [-0.4, -0.2) is 10.8 Å². The monoisotopic (exact) mass is 171 g/mol. The number of rotatable bonds is 1. The van der Waals surface area contributed by atoms with E-state index >= 15 is 0 Å². The van der Waals surface area contributed by atoms with Crippen LogP contribution < -0.4 is 5.73 Å². The van der Waals surface area contributed by atoms with Gasteiger partial charge < -0.3 is 5.73 Å². The first-order valence-electron chi connectivity index (χ1n) is 3.96. The minimum Gasteiger partial charge on any atom is -0.384 e. The zero-order valence-corrected chi connectivity index (χ0v) is 6.99. The van der Waals surface area contributed by atoms with Crippen LogP contribution in [0.1, 0.15) is 5.56 Å². The first-order chi connectivity index (χ1) is 6.27. The van der Waals surface area contributed by atoms with Crippen LogP contribution in [0.15, 0.2) is 36.5 Å². The second kappa shape index (κ2) is 2.86. The van der Waals surface area contributed by atoms with Gasteiger partial charge in [0.15, 0.2) is 0 Å². The van der Waals surface area contributed by atoms with E-state index in [0.717, 1.165) is 16.5 Å². The number of nitrogen functional groups attached to an aromatic ring is 1. The van der Waals surface area contributed by atoms with Crippen molar-refractivity contribution in [2.24, 2.45) is 5.73 Å². The largest absolute Gasteiger partial charge is 0.384 e. The van der Waals surface area contributed by atoms with E-state index in [9.17, 15) is 0 Å². The lowest BCUT2D eigenvalue weighted by Crippen LogP contribution is -2.10. The highest BCUT2D eigenvalue weighted by Gasteiger charge is 1.97. The first kappa shape index (κ1) is 7.73. The summed E-state index contributed by atoms with van der Waals surface area (Å²) in [5.74, 6) is 0.0887. The molecule has 3 heteroatoms. The van der Waals surface area contributed by atoms with Crippen molar-refractivity contribution in [3.8, 4) is 0 Å². The SMILES string of the molecule is N=C(N)c1ccc2ncccc2c1. The molecule has 64 valence electrons. The molecule has 0 bridgehead atoms. The van der Waals surface area contributed by atoms with Crippen molar-refractivity contribution >= 4 is 16.7 Å². The molecule has 0 aliphatic heterocycles. The van der Waals surface area contributed by atoms with Gasteiger partial charge in [0.05, 0.1) is 5.52 Å². The molecule has 0 spiro atoms. The van der Waals surface area contributed by atoms with E-state index in [-0.39, 0.29) is 5.84 Å². The molecule has 0 fully saturated rings. The van der Waals surface area contributed by atoms with E-state index in [1.165, 1.54) is 0 Å². The average Bonchev–Trinajstić information content (AvgIpc) is 2.17. The summed E-state index contributed by atoms with van der Waals surface area (Å²) in [4.78, 5) is 4.17. The Balaban J connectivity index is 2.69. The molecule has 0 aliphatic carbocycles. The number of nitrogens with two attached hydrogens (primary N) is 1. The normalized spacial score (nSPS) is 10.2. The summed E-state index contributed by atoms with van der Waals surface area (Å²) in [5.41, 5.74) is 7.03. The standard InChI is InChI=1S/C10H9N3/c11-10(12)8-3-4-9-7(6-8)2-1-5-13-9/h1-6H,(H3,11,12). The predicted octanol–water partition coefficient (Wildman–Crippen LogP) is 1.52. The minimum absolute atomic E-state index is 0.0887. The average molecular weight is 171 g/mol. The summed E-state index contributed by atoms with van der Waals surface area (Å²) < 4.78 is 0. The molecule has 0 saturated carbocycles. The van der Waals surface area contributed by atoms with Gasteiger partial charge in [-0.15, -0.1) is 0 Å². The van der Waals surface area contributed by atoms with Crippen LogP contribution in [-0.2, 0) is 0 Å². The van der Waals surface area contributed by atoms with Gasteiger partial charge in [0, 0.05) is 17.1 Å². The predicted molar refractivity (Wildman–Crippen MR) is 52.8 cm³/mol. The maximum atomic E-state index is 7.27. The van der Waals surface area contributed by atoms with Crippen molar-refractivity contribution in [2.45, 2.75) is 0 Å². The van der Waals surface area contributed by atoms with E-state index in [4.69, 9.17) is 11.1 Å². The van der Waals surface area contributed by atoms with Crippen molar-refractivity contribution in [2.75, 3.05) is 0 Å². The molecule has 2 aromatic rings. The van der Waals surface area contributed by atoms with E-state index in [1.54, 1.807) is 12.3 Å². The Bertz CT molecular complexity index is 462. The van der Waals surface area contributed by atoms with Crippen molar-refractivity contribution in [1.82, 2.24) is 4.98 Å². The molecular weight excluding hydrogens is 162 g/mol. The third kappa shape index (κ3) is 1.36. The lowest BCUT2D eigenvalue weighted by molar-refractivity contribution is 1.40. The number of nitrogens with one attached hydrogen (secondary N) is 1. The van der Waals surface area contributed by atoms with Crippen LogP contribution in [0, 0.1) is 5.41 Å². The van der Waals surface area contributed by atoms with E-state index < -0.39 is 0 Å². The lowest BCUT2D eigenvalue weighted by atomic mass is 10.1. The fourth-order valence-corrected chi connectivity index (χ4v) is 1.24. The van der Waals surface area contributed by atoms with Crippen LogP contribution in [0.4, 0.5) is 0 Å². The first-order valence-corrected chi connectivity index (χ1v) is 3.96. The van der Waals surface area contributed by atoms with E-state index in [2.05, 4.69) is 4.98 Å². The number of fused-ring (bicyclic) bond motifs is 1. The van der Waals surface area contributed by atoms with Gasteiger partial charge in [-0.25, -0.2) is 0 Å². The lowest BCUT2D eigenvalue weighted by Gasteiger charge is -1.99. The van der Waals surface area contributed by atoms with Gasteiger partial charge in [-0.05, 0) is 24.3 Å². The number of pyridine rings is 1. The Kier molecular flexibility index (Phi) is 1.70. The summed E-state index contributed by atoms with van der Waals surface area (Å²) in [5, 5.41) is 8.28. The third-order valence-electron chi connectivity index (χ3n) is 1.91. The molecule has 0 unspecified atom stereocenters. The van der Waals surface area contributed by atoms with Gasteiger partial charge in [-0.2, -0.15) is 0 Å². The third-order valence-corrected chi connectivity index (χ3v) is 1.91. The van der Waals surface area contributed by atoms with Gasteiger partial charge in [0.1, 0.15) is 5.84 Å². The maximum absolute atomic E-state index is 7.27. The topological polar surface area (TPSA) is 62.8 Å². The van der Waals surface area contributed by atoms with Gasteiger partial charge in [0.2, 0.25) is 0 Å². The van der Waals surface area contributed by atoms with Gasteiger partial charge in [-0.1, -0.05) is 6.07 Å². The molecule has 0 aliphatic rings. The van der Waals surface area contributed by atoms with E-state index in [1.807, 2.05) is 24.3 Å². The molecule has 0 amide bonds. The molecule has 0 saturated heterocycles. The molecule has 1 aromatic carbocycles. The molecule has 0 atom stereocenters. The smallest absolute Gasteiger partial charge is 0.122 e. The van der Waals surface area contributed by atoms with Crippen LogP contribution >= 0.6 is 0 Å². The van der Waals surface area contributed by atoms with Crippen molar-refractivity contribution in [3.63, 3.8) is 0 Å². The summed E-state index contributed by atoms with van der Waals surface area (Å²) in [6, 6.07) is 9.36. The number of aromatic nitrogens is 1. The zero-order valence-electron chi connectivity index (χ0n) is 6.99. The van der Waals surface area contributed by atoms with Crippen LogP contribution in [0.5, 0.6) is 0 Å². The summed E-state index contributed by atoms with van der Waals surface area (Å²) in [6.45, 7) is 0. The zero-order chi connectivity index (χ0) is 9.26. The maximum Gasteiger partial charge on any atom is 0.122 e.